The molecule has 2 aromatic carbocycles. The minimum atomic E-state index is -3.77. The van der Waals surface area contributed by atoms with Crippen molar-refractivity contribution >= 4 is 33.2 Å². The van der Waals surface area contributed by atoms with Gasteiger partial charge in [-0.05, 0) is 43.3 Å². The van der Waals surface area contributed by atoms with E-state index in [1.54, 1.807) is 30.9 Å². The lowest BCUT2D eigenvalue weighted by molar-refractivity contribution is 0.0746. The first-order valence-electron chi connectivity index (χ1n) is 9.92. The van der Waals surface area contributed by atoms with Gasteiger partial charge in [0.1, 0.15) is 10.6 Å². The maximum absolute atomic E-state index is 13.0. The third kappa shape index (κ3) is 5.06. The summed E-state index contributed by atoms with van der Waals surface area (Å²) in [6.45, 7) is 6.47. The fourth-order valence-corrected chi connectivity index (χ4v) is 4.81. The van der Waals surface area contributed by atoms with Crippen LogP contribution in [0.3, 0.4) is 0 Å². The lowest BCUT2D eigenvalue weighted by Crippen LogP contribution is -2.48. The Morgan fingerprint density at radius 3 is 2.47 bits per heavy atom. The van der Waals surface area contributed by atoms with E-state index in [0.29, 0.717) is 43.4 Å². The van der Waals surface area contributed by atoms with Gasteiger partial charge in [0.2, 0.25) is 10.0 Å². The third-order valence-corrected chi connectivity index (χ3v) is 6.66. The molecular weight excluding hydrogens is 426 g/mol. The summed E-state index contributed by atoms with van der Waals surface area (Å²) in [5.41, 5.74) is 1.35. The molecule has 2 aromatic rings. The molecule has 0 saturated carbocycles. The fourth-order valence-electron chi connectivity index (χ4n) is 3.42. The zero-order valence-electron chi connectivity index (χ0n) is 17.1. The minimum absolute atomic E-state index is 0.0189. The first-order chi connectivity index (χ1) is 14.4. The molecule has 0 aromatic heterocycles. The van der Waals surface area contributed by atoms with Crippen LogP contribution in [0.15, 0.2) is 47.4 Å². The van der Waals surface area contributed by atoms with Crippen LogP contribution in [0, 0.1) is 0 Å². The minimum Gasteiger partial charge on any atom is -0.492 e. The summed E-state index contributed by atoms with van der Waals surface area (Å²) in [4.78, 5) is 16.9. The van der Waals surface area contributed by atoms with Gasteiger partial charge in [0.15, 0.2) is 0 Å². The average molecular weight is 452 g/mol. The molecule has 1 saturated heterocycles. The third-order valence-electron chi connectivity index (χ3n) is 4.85. The Bertz CT molecular complexity index is 1010. The number of hydrogen-bond acceptors (Lipinski definition) is 5. The Kier molecular flexibility index (Phi) is 7.23. The van der Waals surface area contributed by atoms with Gasteiger partial charge in [-0.25, -0.2) is 13.1 Å². The smallest absolute Gasteiger partial charge is 0.254 e. The van der Waals surface area contributed by atoms with Gasteiger partial charge < -0.3 is 14.5 Å². The molecule has 0 unspecified atom stereocenters. The zero-order valence-corrected chi connectivity index (χ0v) is 18.7. The molecule has 0 spiro atoms. The highest BCUT2D eigenvalue weighted by Gasteiger charge is 2.26. The molecule has 1 N–H and O–H groups in total. The monoisotopic (exact) mass is 451 g/mol. The number of carbonyl (C=O) groups excluding carboxylic acids is 1. The Morgan fingerprint density at radius 1 is 1.10 bits per heavy atom. The standard InChI is InChI=1S/C21H26ClN3O4S/c1-3-23-30(27,28)20-14-16(8-9-19(20)29-4-2)21(26)25-12-10-24(11-13-25)18-7-5-6-17(22)15-18/h5-9,14-15,23H,3-4,10-13H2,1-2H3. The Hall–Kier alpha value is -2.29. The molecule has 3 rings (SSSR count). The quantitative estimate of drug-likeness (QED) is 0.700. The van der Waals surface area contributed by atoms with E-state index >= 15 is 0 Å². The second kappa shape index (κ2) is 9.68. The van der Waals surface area contributed by atoms with Crippen LogP contribution in [0.2, 0.25) is 5.02 Å². The Morgan fingerprint density at radius 2 is 1.83 bits per heavy atom. The van der Waals surface area contributed by atoms with Gasteiger partial charge in [-0.1, -0.05) is 24.6 Å². The van der Waals surface area contributed by atoms with E-state index in [4.69, 9.17) is 16.3 Å². The van der Waals surface area contributed by atoms with Crippen LogP contribution in [0.4, 0.5) is 5.69 Å². The van der Waals surface area contributed by atoms with Crippen molar-refractivity contribution in [3.05, 3.63) is 53.1 Å². The SMILES string of the molecule is CCNS(=O)(=O)c1cc(C(=O)N2CCN(c3cccc(Cl)c3)CC2)ccc1OCC. The Labute approximate surface area is 182 Å². The molecule has 1 aliphatic rings. The van der Waals surface area contributed by atoms with Crippen molar-refractivity contribution < 1.29 is 17.9 Å². The lowest BCUT2D eigenvalue weighted by atomic mass is 10.1. The van der Waals surface area contributed by atoms with Crippen molar-refractivity contribution in [1.29, 1.82) is 0 Å². The van der Waals surface area contributed by atoms with Gasteiger partial charge in [0, 0.05) is 49.0 Å². The summed E-state index contributed by atoms with van der Waals surface area (Å²) < 4.78 is 33.1. The van der Waals surface area contributed by atoms with Crippen LogP contribution in [-0.2, 0) is 10.0 Å². The van der Waals surface area contributed by atoms with Crippen molar-refractivity contribution in [2.24, 2.45) is 0 Å². The summed E-state index contributed by atoms with van der Waals surface area (Å²) in [7, 11) is -3.77. The first-order valence-corrected chi connectivity index (χ1v) is 11.8. The molecule has 0 atom stereocenters. The van der Waals surface area contributed by atoms with E-state index in [0.717, 1.165) is 5.69 Å². The zero-order chi connectivity index (χ0) is 21.7. The highest BCUT2D eigenvalue weighted by atomic mass is 35.5. The maximum Gasteiger partial charge on any atom is 0.254 e. The number of sulfonamides is 1. The second-order valence-corrected chi connectivity index (χ2v) is 9.03. The highest BCUT2D eigenvalue weighted by Crippen LogP contribution is 2.27. The summed E-state index contributed by atoms with van der Waals surface area (Å²) in [5, 5.41) is 0.676. The van der Waals surface area contributed by atoms with Crippen LogP contribution < -0.4 is 14.4 Å². The number of nitrogens with one attached hydrogen (secondary N) is 1. The molecule has 1 amide bonds. The van der Waals surface area contributed by atoms with Crippen LogP contribution >= 0.6 is 11.6 Å². The number of halogens is 1. The van der Waals surface area contributed by atoms with E-state index in [1.165, 1.54) is 6.07 Å². The average Bonchev–Trinajstić information content (AvgIpc) is 2.74. The topological polar surface area (TPSA) is 79.0 Å². The molecule has 9 heteroatoms. The molecule has 1 aliphatic heterocycles. The van der Waals surface area contributed by atoms with Crippen LogP contribution in [0.5, 0.6) is 5.75 Å². The summed E-state index contributed by atoms with van der Waals surface area (Å²) >= 11 is 6.08. The molecule has 0 aliphatic carbocycles. The van der Waals surface area contributed by atoms with E-state index in [2.05, 4.69) is 9.62 Å². The van der Waals surface area contributed by atoms with Crippen LogP contribution in [0.1, 0.15) is 24.2 Å². The molecule has 0 bridgehead atoms. The first kappa shape index (κ1) is 22.4. The van der Waals surface area contributed by atoms with Gasteiger partial charge in [-0.3, -0.25) is 4.79 Å². The molecule has 1 heterocycles. The number of carbonyl (C=O) groups is 1. The fraction of sp³-hybridized carbons (Fsp3) is 0.381. The van der Waals surface area contributed by atoms with Gasteiger partial charge in [-0.15, -0.1) is 0 Å². The van der Waals surface area contributed by atoms with Crippen molar-refractivity contribution in [3.8, 4) is 5.75 Å². The highest BCUT2D eigenvalue weighted by molar-refractivity contribution is 7.89. The number of amides is 1. The number of hydrogen-bond donors (Lipinski definition) is 1. The maximum atomic E-state index is 13.0. The summed E-state index contributed by atoms with van der Waals surface area (Å²) in [6, 6.07) is 12.2. The predicted molar refractivity (Wildman–Crippen MR) is 118 cm³/mol. The van der Waals surface area contributed by atoms with Gasteiger partial charge >= 0.3 is 0 Å². The summed E-state index contributed by atoms with van der Waals surface area (Å²) in [6.07, 6.45) is 0. The van der Waals surface area contributed by atoms with Crippen molar-refractivity contribution in [2.45, 2.75) is 18.7 Å². The molecule has 0 radical (unpaired) electrons. The van der Waals surface area contributed by atoms with Gasteiger partial charge in [0.05, 0.1) is 6.61 Å². The number of rotatable bonds is 7. The molecule has 30 heavy (non-hydrogen) atoms. The summed E-state index contributed by atoms with van der Waals surface area (Å²) in [5.74, 6) is 0.0394. The van der Waals surface area contributed by atoms with Crippen molar-refractivity contribution in [3.63, 3.8) is 0 Å². The second-order valence-electron chi connectivity index (χ2n) is 6.85. The number of benzene rings is 2. The van der Waals surface area contributed by atoms with E-state index in [9.17, 15) is 13.2 Å². The number of anilines is 1. The van der Waals surface area contributed by atoms with E-state index in [-0.39, 0.29) is 23.1 Å². The number of nitrogens with zero attached hydrogens (tertiary/aromatic N) is 2. The largest absolute Gasteiger partial charge is 0.492 e. The predicted octanol–water partition coefficient (Wildman–Crippen LogP) is 3.00. The van der Waals surface area contributed by atoms with Crippen LogP contribution in [-0.4, -0.2) is 58.6 Å². The molecule has 1 fully saturated rings. The molecular formula is C21H26ClN3O4S. The van der Waals surface area contributed by atoms with E-state index in [1.807, 2.05) is 24.3 Å². The van der Waals surface area contributed by atoms with Crippen molar-refractivity contribution in [2.75, 3.05) is 44.2 Å². The van der Waals surface area contributed by atoms with Gasteiger partial charge in [0.25, 0.3) is 5.91 Å². The Balaban J connectivity index is 1.77. The van der Waals surface area contributed by atoms with Crippen LogP contribution in [0.25, 0.3) is 0 Å². The van der Waals surface area contributed by atoms with Crippen molar-refractivity contribution in [1.82, 2.24) is 9.62 Å². The number of piperazine rings is 1. The lowest BCUT2D eigenvalue weighted by Gasteiger charge is -2.36. The normalized spacial score (nSPS) is 14.6. The molecule has 162 valence electrons. The number of ether oxygens (including phenoxy) is 1. The molecule has 7 nitrogen and oxygen atoms in total. The van der Waals surface area contributed by atoms with E-state index < -0.39 is 10.0 Å². The van der Waals surface area contributed by atoms with Gasteiger partial charge in [-0.2, -0.15) is 0 Å².